The van der Waals surface area contributed by atoms with Crippen molar-refractivity contribution in [2.45, 2.75) is 77.7 Å². The normalized spacial score (nSPS) is 12.8. The molecule has 2 heteroatoms. The van der Waals surface area contributed by atoms with Gasteiger partial charge in [-0.05, 0) is 25.0 Å². The van der Waals surface area contributed by atoms with Crippen molar-refractivity contribution in [1.82, 2.24) is 0 Å². The Bertz CT molecular complexity index is 306. The van der Waals surface area contributed by atoms with E-state index in [-0.39, 0.29) is 6.04 Å². The molecule has 0 radical (unpaired) electrons. The number of aryl methyl sites for hydroxylation is 1. The number of hydrogen-bond acceptors (Lipinski definition) is 2. The predicted molar refractivity (Wildman–Crippen MR) is 83.2 cm³/mol. The molecule has 1 heterocycles. The maximum absolute atomic E-state index is 6.24. The molecule has 0 aliphatic carbocycles. The molecular weight excluding hydrogens is 238 g/mol. The highest BCUT2D eigenvalue weighted by Gasteiger charge is 2.08. The number of rotatable bonds is 10. The lowest BCUT2D eigenvalue weighted by Gasteiger charge is -2.09. The number of nitrogens with two attached hydrogens (primary N) is 1. The lowest BCUT2D eigenvalue weighted by molar-refractivity contribution is 0.544. The van der Waals surface area contributed by atoms with Gasteiger partial charge in [-0.2, -0.15) is 0 Å². The molecule has 104 valence electrons. The van der Waals surface area contributed by atoms with E-state index in [1.807, 2.05) is 11.3 Å². The molecule has 1 aromatic rings. The Hall–Kier alpha value is -0.340. The standard InChI is InChI=1S/C16H29NS/c1-3-5-6-7-8-9-10-11-15(17)16-13-12-14(4-2)18-16/h12-13,15H,3-11,17H2,1-2H3. The zero-order valence-corrected chi connectivity index (χ0v) is 12.9. The van der Waals surface area contributed by atoms with Crippen molar-refractivity contribution in [3.05, 3.63) is 21.9 Å². The van der Waals surface area contributed by atoms with E-state index in [4.69, 9.17) is 5.73 Å². The Balaban J connectivity index is 2.08. The summed E-state index contributed by atoms with van der Waals surface area (Å²) in [5.74, 6) is 0. The Morgan fingerprint density at radius 2 is 1.67 bits per heavy atom. The lowest BCUT2D eigenvalue weighted by atomic mass is 10.0. The second-order valence-electron chi connectivity index (χ2n) is 5.17. The van der Waals surface area contributed by atoms with Crippen molar-refractivity contribution >= 4 is 11.3 Å². The van der Waals surface area contributed by atoms with Gasteiger partial charge in [0, 0.05) is 15.8 Å². The van der Waals surface area contributed by atoms with Gasteiger partial charge in [-0.25, -0.2) is 0 Å². The molecule has 0 amide bonds. The summed E-state index contributed by atoms with van der Waals surface area (Å²) in [6, 6.07) is 4.71. The SMILES string of the molecule is CCCCCCCCCC(N)c1ccc(CC)s1. The van der Waals surface area contributed by atoms with E-state index in [9.17, 15) is 0 Å². The maximum Gasteiger partial charge on any atom is 0.0389 e. The molecule has 0 spiro atoms. The topological polar surface area (TPSA) is 26.0 Å². The Labute approximate surface area is 117 Å². The van der Waals surface area contributed by atoms with Crippen LogP contribution in [-0.2, 0) is 6.42 Å². The van der Waals surface area contributed by atoms with E-state index in [1.54, 1.807) is 0 Å². The second kappa shape index (κ2) is 9.57. The first-order chi connectivity index (χ1) is 8.77. The first-order valence-corrected chi connectivity index (χ1v) is 8.43. The quantitative estimate of drug-likeness (QED) is 0.560. The van der Waals surface area contributed by atoms with Crippen molar-refractivity contribution in [3.63, 3.8) is 0 Å². The summed E-state index contributed by atoms with van der Waals surface area (Å²) in [5, 5.41) is 0. The fourth-order valence-electron chi connectivity index (χ4n) is 2.25. The molecular formula is C16H29NS. The van der Waals surface area contributed by atoms with Gasteiger partial charge in [0.2, 0.25) is 0 Å². The molecule has 0 aromatic carbocycles. The second-order valence-corrected chi connectivity index (χ2v) is 6.37. The summed E-state index contributed by atoms with van der Waals surface area (Å²) in [6.45, 7) is 4.47. The van der Waals surface area contributed by atoms with Crippen molar-refractivity contribution in [1.29, 1.82) is 0 Å². The van der Waals surface area contributed by atoms with E-state index in [1.165, 1.54) is 54.7 Å². The van der Waals surface area contributed by atoms with Crippen LogP contribution in [0.5, 0.6) is 0 Å². The van der Waals surface area contributed by atoms with Gasteiger partial charge in [0.05, 0.1) is 0 Å². The van der Waals surface area contributed by atoms with Gasteiger partial charge < -0.3 is 5.73 Å². The Morgan fingerprint density at radius 3 is 2.28 bits per heavy atom. The fraction of sp³-hybridized carbons (Fsp3) is 0.750. The van der Waals surface area contributed by atoms with Gasteiger partial charge in [0.1, 0.15) is 0 Å². The molecule has 0 saturated carbocycles. The predicted octanol–water partition coefficient (Wildman–Crippen LogP) is 5.45. The van der Waals surface area contributed by atoms with E-state index in [0.717, 1.165) is 12.8 Å². The Morgan fingerprint density at radius 1 is 1.00 bits per heavy atom. The van der Waals surface area contributed by atoms with Crippen molar-refractivity contribution in [2.75, 3.05) is 0 Å². The zero-order chi connectivity index (χ0) is 13.2. The van der Waals surface area contributed by atoms with Gasteiger partial charge >= 0.3 is 0 Å². The summed E-state index contributed by atoms with van der Waals surface area (Å²) in [5.41, 5.74) is 6.24. The van der Waals surface area contributed by atoms with Gasteiger partial charge in [-0.1, -0.05) is 58.8 Å². The molecule has 1 aromatic heterocycles. The Kier molecular flexibility index (Phi) is 8.36. The molecule has 18 heavy (non-hydrogen) atoms. The van der Waals surface area contributed by atoms with Crippen LogP contribution < -0.4 is 5.73 Å². The minimum atomic E-state index is 0.269. The van der Waals surface area contributed by atoms with E-state index in [2.05, 4.69) is 26.0 Å². The van der Waals surface area contributed by atoms with Gasteiger partial charge in [0.15, 0.2) is 0 Å². The van der Waals surface area contributed by atoms with Crippen LogP contribution in [0.1, 0.15) is 81.0 Å². The van der Waals surface area contributed by atoms with Crippen LogP contribution in [0.15, 0.2) is 12.1 Å². The van der Waals surface area contributed by atoms with Gasteiger partial charge in [-0.15, -0.1) is 11.3 Å². The van der Waals surface area contributed by atoms with Crippen LogP contribution in [0.4, 0.5) is 0 Å². The average molecular weight is 267 g/mol. The minimum Gasteiger partial charge on any atom is -0.323 e. The molecule has 1 rings (SSSR count). The van der Waals surface area contributed by atoms with Gasteiger partial charge in [0.25, 0.3) is 0 Å². The molecule has 0 saturated heterocycles. The molecule has 0 fully saturated rings. The fourth-order valence-corrected chi connectivity index (χ4v) is 3.24. The smallest absolute Gasteiger partial charge is 0.0389 e. The molecule has 1 nitrogen and oxygen atoms in total. The highest BCUT2D eigenvalue weighted by atomic mass is 32.1. The van der Waals surface area contributed by atoms with Gasteiger partial charge in [-0.3, -0.25) is 0 Å². The largest absolute Gasteiger partial charge is 0.323 e. The summed E-state index contributed by atoms with van der Waals surface area (Å²) in [6.07, 6.45) is 11.9. The molecule has 2 N–H and O–H groups in total. The van der Waals surface area contributed by atoms with Crippen LogP contribution >= 0.6 is 11.3 Å². The number of hydrogen-bond donors (Lipinski definition) is 1. The van der Waals surface area contributed by atoms with Crippen LogP contribution in [0.3, 0.4) is 0 Å². The highest BCUT2D eigenvalue weighted by Crippen LogP contribution is 2.25. The number of unbranched alkanes of at least 4 members (excludes halogenated alkanes) is 6. The van der Waals surface area contributed by atoms with Crippen molar-refractivity contribution < 1.29 is 0 Å². The van der Waals surface area contributed by atoms with E-state index in [0.29, 0.717) is 0 Å². The molecule has 0 aliphatic rings. The van der Waals surface area contributed by atoms with Crippen molar-refractivity contribution in [2.24, 2.45) is 5.73 Å². The first kappa shape index (κ1) is 15.7. The third-order valence-electron chi connectivity index (χ3n) is 3.52. The summed E-state index contributed by atoms with van der Waals surface area (Å²) < 4.78 is 0. The van der Waals surface area contributed by atoms with Crippen molar-refractivity contribution in [3.8, 4) is 0 Å². The highest BCUT2D eigenvalue weighted by molar-refractivity contribution is 7.12. The molecule has 0 aliphatic heterocycles. The van der Waals surface area contributed by atoms with Crippen LogP contribution in [0, 0.1) is 0 Å². The zero-order valence-electron chi connectivity index (χ0n) is 12.1. The molecule has 1 unspecified atom stereocenters. The van der Waals surface area contributed by atoms with Crippen LogP contribution in [-0.4, -0.2) is 0 Å². The van der Waals surface area contributed by atoms with E-state index >= 15 is 0 Å². The summed E-state index contributed by atoms with van der Waals surface area (Å²) in [4.78, 5) is 2.83. The monoisotopic (exact) mass is 267 g/mol. The number of thiophene rings is 1. The molecule has 0 bridgehead atoms. The summed E-state index contributed by atoms with van der Waals surface area (Å²) in [7, 11) is 0. The third kappa shape index (κ3) is 6.01. The average Bonchev–Trinajstić information content (AvgIpc) is 2.86. The summed E-state index contributed by atoms with van der Waals surface area (Å²) >= 11 is 1.89. The molecule has 1 atom stereocenters. The minimum absolute atomic E-state index is 0.269. The van der Waals surface area contributed by atoms with Crippen LogP contribution in [0.25, 0.3) is 0 Å². The van der Waals surface area contributed by atoms with Crippen LogP contribution in [0.2, 0.25) is 0 Å². The third-order valence-corrected chi connectivity index (χ3v) is 4.88. The first-order valence-electron chi connectivity index (χ1n) is 7.62. The lowest BCUT2D eigenvalue weighted by Crippen LogP contribution is -2.08. The van der Waals surface area contributed by atoms with E-state index < -0.39 is 0 Å². The maximum atomic E-state index is 6.24.